The van der Waals surface area contributed by atoms with E-state index in [1.807, 2.05) is 35.7 Å². The maximum absolute atomic E-state index is 12.1. The molecule has 2 heterocycles. The molecule has 7 nitrogen and oxygen atoms in total. The summed E-state index contributed by atoms with van der Waals surface area (Å²) in [7, 11) is 1.53. The largest absolute Gasteiger partial charge is 0.491 e. The van der Waals surface area contributed by atoms with Gasteiger partial charge in [0.05, 0.1) is 18.7 Å². The molecule has 0 aliphatic heterocycles. The van der Waals surface area contributed by atoms with E-state index in [-0.39, 0.29) is 5.91 Å². The predicted molar refractivity (Wildman–Crippen MR) is 108 cm³/mol. The van der Waals surface area contributed by atoms with Gasteiger partial charge in [-0.15, -0.1) is 10.2 Å². The van der Waals surface area contributed by atoms with Crippen LogP contribution in [0.3, 0.4) is 0 Å². The zero-order chi connectivity index (χ0) is 19.9. The lowest BCUT2D eigenvalue weighted by Crippen LogP contribution is -2.24. The lowest BCUT2D eigenvalue weighted by atomic mass is 10.2. The summed E-state index contributed by atoms with van der Waals surface area (Å²) in [6.07, 6.45) is 5.61. The van der Waals surface area contributed by atoms with Crippen molar-refractivity contribution in [3.8, 4) is 11.5 Å². The third-order valence-corrected chi connectivity index (χ3v) is 4.28. The maximum Gasteiger partial charge on any atom is 0.244 e. The van der Waals surface area contributed by atoms with Crippen LogP contribution in [0.2, 0.25) is 5.02 Å². The normalized spacial score (nSPS) is 11.1. The summed E-state index contributed by atoms with van der Waals surface area (Å²) in [6, 6.07) is 9.20. The summed E-state index contributed by atoms with van der Waals surface area (Å²) in [5, 5.41) is 11.5. The maximum atomic E-state index is 12.1. The summed E-state index contributed by atoms with van der Waals surface area (Å²) < 4.78 is 12.7. The number of nitrogens with zero attached hydrogens (tertiary/aromatic N) is 3. The molecule has 0 saturated carbocycles. The van der Waals surface area contributed by atoms with Crippen molar-refractivity contribution < 1.29 is 14.3 Å². The molecule has 146 valence electrons. The van der Waals surface area contributed by atoms with Gasteiger partial charge in [0.15, 0.2) is 17.1 Å². The van der Waals surface area contributed by atoms with Crippen molar-refractivity contribution in [1.82, 2.24) is 19.9 Å². The predicted octanol–water partition coefficient (Wildman–Crippen LogP) is 3.16. The summed E-state index contributed by atoms with van der Waals surface area (Å²) in [5.74, 6) is 1.60. The number of hydrogen-bond donors (Lipinski definition) is 1. The Kier molecular flexibility index (Phi) is 6.49. The van der Waals surface area contributed by atoms with Crippen molar-refractivity contribution in [3.63, 3.8) is 0 Å². The van der Waals surface area contributed by atoms with Crippen molar-refractivity contribution in [2.24, 2.45) is 0 Å². The molecule has 8 heteroatoms. The van der Waals surface area contributed by atoms with Gasteiger partial charge in [-0.25, -0.2) is 0 Å². The van der Waals surface area contributed by atoms with Crippen molar-refractivity contribution in [3.05, 3.63) is 59.0 Å². The Morgan fingerprint density at radius 1 is 1.32 bits per heavy atom. The molecule has 1 aromatic carbocycles. The van der Waals surface area contributed by atoms with Gasteiger partial charge in [-0.3, -0.25) is 9.20 Å². The topological polar surface area (TPSA) is 77.8 Å². The number of amides is 1. The first-order valence-corrected chi connectivity index (χ1v) is 9.25. The Bertz CT molecular complexity index is 1000. The Morgan fingerprint density at radius 3 is 2.96 bits per heavy atom. The second kappa shape index (κ2) is 9.23. The third kappa shape index (κ3) is 4.61. The fraction of sp³-hybridized carbons (Fsp3) is 0.250. The molecular formula is C20H21ClN4O3. The molecule has 0 aliphatic rings. The minimum atomic E-state index is -0.210. The first-order valence-electron chi connectivity index (χ1n) is 8.87. The van der Waals surface area contributed by atoms with Crippen LogP contribution in [-0.4, -0.2) is 40.8 Å². The molecule has 0 saturated heterocycles. The number of benzene rings is 1. The number of pyridine rings is 1. The number of ether oxygens (including phenoxy) is 2. The number of halogens is 1. The second-order valence-corrected chi connectivity index (χ2v) is 6.29. The van der Waals surface area contributed by atoms with Gasteiger partial charge in [-0.1, -0.05) is 17.7 Å². The Hall–Kier alpha value is -3.06. The first-order chi connectivity index (χ1) is 13.6. The highest BCUT2D eigenvalue weighted by Gasteiger charge is 2.10. The van der Waals surface area contributed by atoms with Crippen LogP contribution in [0, 0.1) is 0 Å². The Morgan fingerprint density at radius 2 is 2.18 bits per heavy atom. The number of carbonyl (C=O) groups excluding carboxylic acids is 1. The van der Waals surface area contributed by atoms with Crippen LogP contribution in [0.5, 0.6) is 11.5 Å². The average Bonchev–Trinajstić information content (AvgIpc) is 3.10. The lowest BCUT2D eigenvalue weighted by Gasteiger charge is -2.11. The molecule has 0 spiro atoms. The molecule has 0 radical (unpaired) electrons. The molecule has 0 aliphatic carbocycles. The van der Waals surface area contributed by atoms with E-state index >= 15 is 0 Å². The van der Waals surface area contributed by atoms with Gasteiger partial charge in [0.25, 0.3) is 0 Å². The first kappa shape index (κ1) is 19.7. The fourth-order valence-electron chi connectivity index (χ4n) is 2.73. The highest BCUT2D eigenvalue weighted by molar-refractivity contribution is 6.32. The smallest absolute Gasteiger partial charge is 0.244 e. The number of carbonyl (C=O) groups is 1. The quantitative estimate of drug-likeness (QED) is 0.588. The zero-order valence-electron chi connectivity index (χ0n) is 15.7. The Labute approximate surface area is 167 Å². The molecule has 0 atom stereocenters. The Balaban J connectivity index is 1.59. The van der Waals surface area contributed by atoms with Gasteiger partial charge < -0.3 is 14.8 Å². The van der Waals surface area contributed by atoms with Gasteiger partial charge in [-0.2, -0.15) is 0 Å². The van der Waals surface area contributed by atoms with E-state index in [0.717, 1.165) is 17.0 Å². The monoisotopic (exact) mass is 400 g/mol. The molecule has 2 aromatic heterocycles. The minimum Gasteiger partial charge on any atom is -0.491 e. The molecule has 0 bridgehead atoms. The standard InChI is InChI=1S/C20H21ClN4O3/c1-3-28-16-13-14(12-15(21)20(16)27-2)7-8-19(26)22-10-9-18-24-23-17-6-4-5-11-25(17)18/h4-8,11-13H,3,9-10H2,1-2H3,(H,22,26)/b8-7+. The van der Waals surface area contributed by atoms with Gasteiger partial charge >= 0.3 is 0 Å². The van der Waals surface area contributed by atoms with E-state index in [1.54, 1.807) is 18.2 Å². The number of nitrogens with one attached hydrogen (secondary N) is 1. The zero-order valence-corrected chi connectivity index (χ0v) is 16.4. The van der Waals surface area contributed by atoms with Crippen molar-refractivity contribution in [2.75, 3.05) is 20.3 Å². The van der Waals surface area contributed by atoms with E-state index in [9.17, 15) is 4.79 Å². The van der Waals surface area contributed by atoms with E-state index in [1.165, 1.54) is 13.2 Å². The summed E-state index contributed by atoms with van der Waals surface area (Å²) in [4.78, 5) is 12.1. The number of rotatable bonds is 8. The minimum absolute atomic E-state index is 0.210. The highest BCUT2D eigenvalue weighted by Crippen LogP contribution is 2.36. The molecule has 3 rings (SSSR count). The summed E-state index contributed by atoms with van der Waals surface area (Å²) in [5.41, 5.74) is 1.53. The van der Waals surface area contributed by atoms with Crippen LogP contribution in [0.25, 0.3) is 11.7 Å². The van der Waals surface area contributed by atoms with Crippen LogP contribution in [-0.2, 0) is 11.2 Å². The average molecular weight is 401 g/mol. The SMILES string of the molecule is CCOc1cc(/C=C/C(=O)NCCc2nnc3ccccn23)cc(Cl)c1OC. The number of hydrogen-bond acceptors (Lipinski definition) is 5. The van der Waals surface area contributed by atoms with E-state index < -0.39 is 0 Å². The number of aromatic nitrogens is 3. The summed E-state index contributed by atoms with van der Waals surface area (Å²) in [6.45, 7) is 2.81. The fourth-order valence-corrected chi connectivity index (χ4v) is 3.03. The lowest BCUT2D eigenvalue weighted by molar-refractivity contribution is -0.116. The van der Waals surface area contributed by atoms with Crippen LogP contribution in [0.4, 0.5) is 0 Å². The van der Waals surface area contributed by atoms with Crippen LogP contribution in [0.15, 0.2) is 42.6 Å². The molecule has 0 fully saturated rings. The van der Waals surface area contributed by atoms with E-state index in [0.29, 0.717) is 36.1 Å². The van der Waals surface area contributed by atoms with Crippen molar-refractivity contribution in [2.45, 2.75) is 13.3 Å². The van der Waals surface area contributed by atoms with Gasteiger partial charge in [0.1, 0.15) is 5.82 Å². The van der Waals surface area contributed by atoms with Gasteiger partial charge in [-0.05, 0) is 42.8 Å². The highest BCUT2D eigenvalue weighted by atomic mass is 35.5. The van der Waals surface area contributed by atoms with Gasteiger partial charge in [0, 0.05) is 25.2 Å². The van der Waals surface area contributed by atoms with Crippen LogP contribution < -0.4 is 14.8 Å². The molecule has 28 heavy (non-hydrogen) atoms. The number of methoxy groups -OCH3 is 1. The summed E-state index contributed by atoms with van der Waals surface area (Å²) >= 11 is 6.22. The van der Waals surface area contributed by atoms with E-state index in [2.05, 4.69) is 15.5 Å². The molecular weight excluding hydrogens is 380 g/mol. The molecule has 1 amide bonds. The third-order valence-electron chi connectivity index (χ3n) is 4.00. The molecule has 3 aromatic rings. The van der Waals surface area contributed by atoms with Crippen LogP contribution >= 0.6 is 11.6 Å². The second-order valence-electron chi connectivity index (χ2n) is 5.89. The molecule has 0 unspecified atom stereocenters. The van der Waals surface area contributed by atoms with Crippen molar-refractivity contribution in [1.29, 1.82) is 0 Å². The van der Waals surface area contributed by atoms with Crippen LogP contribution in [0.1, 0.15) is 18.3 Å². The van der Waals surface area contributed by atoms with Gasteiger partial charge in [0.2, 0.25) is 5.91 Å². The molecule has 1 N–H and O–H groups in total. The van der Waals surface area contributed by atoms with Crippen molar-refractivity contribution >= 4 is 29.2 Å². The number of fused-ring (bicyclic) bond motifs is 1. The van der Waals surface area contributed by atoms with E-state index in [4.69, 9.17) is 21.1 Å².